The van der Waals surface area contributed by atoms with E-state index in [0.717, 1.165) is 0 Å². The van der Waals surface area contributed by atoms with Crippen LogP contribution in [-0.2, 0) is 9.59 Å². The van der Waals surface area contributed by atoms with E-state index in [1.807, 2.05) is 12.1 Å². The van der Waals surface area contributed by atoms with Crippen molar-refractivity contribution in [2.24, 2.45) is 4.99 Å². The molecule has 1 unspecified atom stereocenters. The molecule has 1 heterocycles. The number of aliphatic imine (C=N–C) groups is 1. The summed E-state index contributed by atoms with van der Waals surface area (Å²) < 4.78 is 0. The fraction of sp³-hybridized carbons (Fsp3) is 0.0833. The molecule has 0 radical (unpaired) electrons. The number of amides is 2. The van der Waals surface area contributed by atoms with Crippen LogP contribution in [0.4, 0.5) is 11.4 Å². The molecule has 2 amide bonds. The summed E-state index contributed by atoms with van der Waals surface area (Å²) in [4.78, 5) is 42.2. The molecule has 154 valence electrons. The van der Waals surface area contributed by atoms with Crippen LogP contribution in [0.1, 0.15) is 22.8 Å². The smallest absolute Gasteiger partial charge is 0.292 e. The quantitative estimate of drug-likeness (QED) is 0.630. The van der Waals surface area contributed by atoms with Crippen LogP contribution in [0.2, 0.25) is 0 Å². The molecule has 0 bridgehead atoms. The zero-order chi connectivity index (χ0) is 21.8. The third-order valence-corrected chi connectivity index (χ3v) is 4.77. The normalized spacial score (nSPS) is 15.6. The predicted octanol–water partition coefficient (Wildman–Crippen LogP) is 3.19. The highest BCUT2D eigenvalue weighted by atomic mass is 16.2. The van der Waals surface area contributed by atoms with Crippen LogP contribution in [-0.4, -0.2) is 29.5 Å². The number of rotatable bonds is 5. The second-order valence-corrected chi connectivity index (χ2v) is 7.00. The predicted molar refractivity (Wildman–Crippen MR) is 119 cm³/mol. The van der Waals surface area contributed by atoms with Gasteiger partial charge in [-0.05, 0) is 31.2 Å². The second-order valence-electron chi connectivity index (χ2n) is 7.00. The minimum absolute atomic E-state index is 0.00995. The molecule has 0 spiro atoms. The Hall–Kier alpha value is -4.26. The van der Waals surface area contributed by atoms with E-state index >= 15 is 0 Å². The Morgan fingerprint density at radius 3 is 2.26 bits per heavy atom. The van der Waals surface area contributed by atoms with Crippen molar-refractivity contribution < 1.29 is 14.4 Å². The van der Waals surface area contributed by atoms with Gasteiger partial charge in [0.25, 0.3) is 11.8 Å². The van der Waals surface area contributed by atoms with E-state index in [4.69, 9.17) is 0 Å². The average Bonchev–Trinajstić information content (AvgIpc) is 2.81. The fourth-order valence-corrected chi connectivity index (χ4v) is 3.19. The highest BCUT2D eigenvalue weighted by Crippen LogP contribution is 2.18. The Balaban J connectivity index is 1.52. The molecule has 2 N–H and O–H groups in total. The number of para-hydroxylation sites is 1. The van der Waals surface area contributed by atoms with Gasteiger partial charge >= 0.3 is 0 Å². The molecule has 0 saturated carbocycles. The molecular weight excluding hydrogens is 392 g/mol. The third-order valence-electron chi connectivity index (χ3n) is 4.77. The summed E-state index contributed by atoms with van der Waals surface area (Å²) in [6, 6.07) is 23.9. The lowest BCUT2D eigenvalue weighted by molar-refractivity contribution is -0.120. The second kappa shape index (κ2) is 8.62. The largest absolute Gasteiger partial charge is 0.319 e. The minimum Gasteiger partial charge on any atom is -0.319 e. The summed E-state index contributed by atoms with van der Waals surface area (Å²) >= 11 is 0. The van der Waals surface area contributed by atoms with E-state index in [1.165, 1.54) is 5.01 Å². The van der Waals surface area contributed by atoms with Gasteiger partial charge in [0.1, 0.15) is 6.04 Å². The van der Waals surface area contributed by atoms with Crippen LogP contribution >= 0.6 is 0 Å². The Morgan fingerprint density at radius 1 is 0.903 bits per heavy atom. The lowest BCUT2D eigenvalue weighted by Crippen LogP contribution is -2.57. The molecule has 7 heteroatoms. The number of carbonyl (C=O) groups is 3. The number of hydrogen-bond donors (Lipinski definition) is 2. The maximum absolute atomic E-state index is 12.8. The van der Waals surface area contributed by atoms with Crippen molar-refractivity contribution in [3.8, 4) is 0 Å². The molecule has 1 atom stereocenters. The van der Waals surface area contributed by atoms with E-state index in [9.17, 15) is 14.4 Å². The molecule has 1 aliphatic rings. The number of anilines is 2. The number of amidine groups is 1. The first kappa shape index (κ1) is 20.0. The van der Waals surface area contributed by atoms with Gasteiger partial charge in [0.2, 0.25) is 5.84 Å². The summed E-state index contributed by atoms with van der Waals surface area (Å²) in [7, 11) is 0. The fourth-order valence-electron chi connectivity index (χ4n) is 3.19. The zero-order valence-corrected chi connectivity index (χ0v) is 16.8. The Labute approximate surface area is 179 Å². The van der Waals surface area contributed by atoms with Crippen molar-refractivity contribution in [3.63, 3.8) is 0 Å². The highest BCUT2D eigenvalue weighted by Gasteiger charge is 2.30. The van der Waals surface area contributed by atoms with Crippen LogP contribution in [0.15, 0.2) is 89.9 Å². The standard InChI is InChI=1S/C24H20N4O3/c1-16-24(31)28(20-13-6-3-7-14-20)27-22(25-16)23(30)26-19-12-8-11-18(15-19)21(29)17-9-4-2-5-10-17/h2-16H,1H3,(H,25,27)(H,26,30). The van der Waals surface area contributed by atoms with E-state index in [2.05, 4.69) is 15.7 Å². The van der Waals surface area contributed by atoms with E-state index < -0.39 is 11.9 Å². The number of hydrazine groups is 1. The van der Waals surface area contributed by atoms with Gasteiger partial charge in [-0.25, -0.2) is 10.0 Å². The number of nitrogens with one attached hydrogen (secondary N) is 2. The molecule has 0 saturated heterocycles. The van der Waals surface area contributed by atoms with Crippen molar-refractivity contribution in [3.05, 3.63) is 96.1 Å². The topological polar surface area (TPSA) is 90.9 Å². The molecule has 3 aromatic rings. The molecule has 4 rings (SSSR count). The first-order valence-electron chi connectivity index (χ1n) is 9.77. The highest BCUT2D eigenvalue weighted by molar-refractivity contribution is 6.43. The van der Waals surface area contributed by atoms with Gasteiger partial charge in [-0.2, -0.15) is 0 Å². The summed E-state index contributed by atoms with van der Waals surface area (Å²) in [5.74, 6) is -0.905. The Kier molecular flexibility index (Phi) is 5.57. The number of nitrogens with zero attached hydrogens (tertiary/aromatic N) is 2. The Morgan fingerprint density at radius 2 is 1.55 bits per heavy atom. The van der Waals surface area contributed by atoms with Gasteiger partial charge < -0.3 is 5.32 Å². The number of carbonyl (C=O) groups excluding carboxylic acids is 3. The third kappa shape index (κ3) is 4.35. The van der Waals surface area contributed by atoms with E-state index in [0.29, 0.717) is 22.5 Å². The first-order valence-corrected chi connectivity index (χ1v) is 9.77. The van der Waals surface area contributed by atoms with Crippen LogP contribution in [0.25, 0.3) is 0 Å². The van der Waals surface area contributed by atoms with E-state index in [-0.39, 0.29) is 17.5 Å². The molecule has 0 aromatic heterocycles. The van der Waals surface area contributed by atoms with Crippen LogP contribution in [0.3, 0.4) is 0 Å². The van der Waals surface area contributed by atoms with Gasteiger partial charge in [-0.3, -0.25) is 19.8 Å². The molecule has 31 heavy (non-hydrogen) atoms. The monoisotopic (exact) mass is 412 g/mol. The lowest BCUT2D eigenvalue weighted by atomic mass is 10.0. The molecule has 1 aliphatic heterocycles. The minimum atomic E-state index is -0.715. The number of benzene rings is 3. The summed E-state index contributed by atoms with van der Waals surface area (Å²) in [6.45, 7) is 1.63. The summed E-state index contributed by atoms with van der Waals surface area (Å²) in [6.07, 6.45) is 0. The average molecular weight is 412 g/mol. The summed E-state index contributed by atoms with van der Waals surface area (Å²) in [5, 5.41) is 4.05. The van der Waals surface area contributed by atoms with Crippen LogP contribution in [0.5, 0.6) is 0 Å². The molecular formula is C24H20N4O3. The molecule has 0 aliphatic carbocycles. The van der Waals surface area contributed by atoms with Crippen molar-refractivity contribution in [1.29, 1.82) is 0 Å². The number of hydrogen-bond acceptors (Lipinski definition) is 5. The molecule has 3 aromatic carbocycles. The van der Waals surface area contributed by atoms with Gasteiger partial charge in [-0.15, -0.1) is 0 Å². The lowest BCUT2D eigenvalue weighted by Gasteiger charge is -2.30. The van der Waals surface area contributed by atoms with Crippen molar-refractivity contribution >= 4 is 34.8 Å². The first-order chi connectivity index (χ1) is 15.0. The molecule has 0 fully saturated rings. The molecule has 7 nitrogen and oxygen atoms in total. The van der Waals surface area contributed by atoms with Gasteiger partial charge in [0.05, 0.1) is 5.69 Å². The maximum Gasteiger partial charge on any atom is 0.292 e. The van der Waals surface area contributed by atoms with Gasteiger partial charge in [0.15, 0.2) is 5.78 Å². The van der Waals surface area contributed by atoms with Gasteiger partial charge in [-0.1, -0.05) is 60.7 Å². The zero-order valence-electron chi connectivity index (χ0n) is 16.8. The Bertz CT molecular complexity index is 1160. The SMILES string of the molecule is CC1N=C(C(=O)Nc2cccc(C(=O)c3ccccc3)c2)NN(c2ccccc2)C1=O. The van der Waals surface area contributed by atoms with Crippen LogP contribution < -0.4 is 15.8 Å². The summed E-state index contributed by atoms with van der Waals surface area (Å²) in [5.41, 5.74) is 4.87. The van der Waals surface area contributed by atoms with Gasteiger partial charge in [0, 0.05) is 16.8 Å². The maximum atomic E-state index is 12.8. The van der Waals surface area contributed by atoms with E-state index in [1.54, 1.807) is 79.7 Å². The van der Waals surface area contributed by atoms with Crippen molar-refractivity contribution in [1.82, 2.24) is 5.43 Å². The van der Waals surface area contributed by atoms with Crippen molar-refractivity contribution in [2.45, 2.75) is 13.0 Å². The van der Waals surface area contributed by atoms with Crippen LogP contribution in [0, 0.1) is 0 Å². The number of ketones is 1. The van der Waals surface area contributed by atoms with Crippen molar-refractivity contribution in [2.75, 3.05) is 10.3 Å².